The van der Waals surface area contributed by atoms with Crippen LogP contribution in [-0.2, 0) is 0 Å². The van der Waals surface area contributed by atoms with Gasteiger partial charge in [0.2, 0.25) is 0 Å². The van der Waals surface area contributed by atoms with Gasteiger partial charge < -0.3 is 3.93 Å². The Balaban J connectivity index is 4.25. The van der Waals surface area contributed by atoms with E-state index < -0.39 is 0 Å². The van der Waals surface area contributed by atoms with Crippen LogP contribution >= 0.6 is 16.1 Å². The van der Waals surface area contributed by atoms with E-state index in [0.717, 1.165) is 6.42 Å². The van der Waals surface area contributed by atoms with Crippen LogP contribution in [0.1, 0.15) is 34.1 Å². The number of halogens is 1. The molecule has 0 N–H and O–H groups in total. The van der Waals surface area contributed by atoms with Crippen molar-refractivity contribution in [1.82, 2.24) is 3.93 Å². The predicted molar refractivity (Wildman–Crippen MR) is 59.1 cm³/mol. The van der Waals surface area contributed by atoms with E-state index in [1.165, 1.54) is 5.70 Å². The van der Waals surface area contributed by atoms with Gasteiger partial charge in [-0.25, -0.2) is 0 Å². The first-order valence-electron chi connectivity index (χ1n) is 4.40. The van der Waals surface area contributed by atoms with Crippen molar-refractivity contribution in [3.8, 4) is 0 Å². The van der Waals surface area contributed by atoms with Gasteiger partial charge in [-0.15, -0.1) is 0 Å². The molecule has 0 aromatic rings. The van der Waals surface area contributed by atoms with Crippen LogP contribution in [0.2, 0.25) is 0 Å². The minimum atomic E-state index is 0.418. The molecule has 0 aliphatic carbocycles. The number of rotatable bonds is 4. The molecule has 70 valence electrons. The molecular formula is C10H18BrN. The van der Waals surface area contributed by atoms with Crippen LogP contribution in [0.3, 0.4) is 0 Å². The van der Waals surface area contributed by atoms with Gasteiger partial charge in [0.15, 0.2) is 0 Å². The van der Waals surface area contributed by atoms with Gasteiger partial charge in [0.1, 0.15) is 0 Å². The van der Waals surface area contributed by atoms with Crippen LogP contribution in [-0.4, -0.2) is 9.97 Å². The van der Waals surface area contributed by atoms with Crippen LogP contribution in [0.5, 0.6) is 0 Å². The number of allylic oxidation sites excluding steroid dienone is 3. The van der Waals surface area contributed by atoms with Gasteiger partial charge in [-0.3, -0.25) is 0 Å². The molecule has 0 aromatic carbocycles. The minimum Gasteiger partial charge on any atom is -0.306 e. The molecule has 0 rings (SSSR count). The minimum absolute atomic E-state index is 0.418. The van der Waals surface area contributed by atoms with E-state index in [0.29, 0.717) is 6.04 Å². The molecule has 2 heteroatoms. The van der Waals surface area contributed by atoms with Crippen LogP contribution in [0.4, 0.5) is 0 Å². The number of nitrogens with zero attached hydrogens (tertiary/aromatic N) is 1. The van der Waals surface area contributed by atoms with Crippen molar-refractivity contribution >= 4 is 16.1 Å². The summed E-state index contributed by atoms with van der Waals surface area (Å²) in [5.41, 5.74) is 1.32. The summed E-state index contributed by atoms with van der Waals surface area (Å²) in [5.74, 6) is 0. The summed E-state index contributed by atoms with van der Waals surface area (Å²) in [4.78, 5) is 0. The van der Waals surface area contributed by atoms with Crippen LogP contribution in [0, 0.1) is 0 Å². The van der Waals surface area contributed by atoms with Crippen molar-refractivity contribution in [3.63, 3.8) is 0 Å². The third kappa shape index (κ3) is 3.44. The van der Waals surface area contributed by atoms with Gasteiger partial charge >= 0.3 is 0 Å². The van der Waals surface area contributed by atoms with Gasteiger partial charge in [-0.1, -0.05) is 25.2 Å². The normalized spacial score (nSPS) is 15.2. The van der Waals surface area contributed by atoms with Crippen LogP contribution in [0.25, 0.3) is 0 Å². The lowest BCUT2D eigenvalue weighted by Gasteiger charge is -2.23. The molecular weight excluding hydrogens is 214 g/mol. The summed E-state index contributed by atoms with van der Waals surface area (Å²) < 4.78 is 2.12. The molecule has 0 bridgehead atoms. The van der Waals surface area contributed by atoms with Gasteiger partial charge in [-0.05, 0) is 27.2 Å². The Hall–Kier alpha value is -0.240. The summed E-state index contributed by atoms with van der Waals surface area (Å²) in [6.07, 6.45) is 7.42. The molecule has 1 atom stereocenters. The number of hydrogen-bond donors (Lipinski definition) is 0. The lowest BCUT2D eigenvalue weighted by molar-refractivity contribution is 0.514. The van der Waals surface area contributed by atoms with E-state index in [9.17, 15) is 0 Å². The Morgan fingerprint density at radius 3 is 2.42 bits per heavy atom. The molecule has 0 saturated carbocycles. The van der Waals surface area contributed by atoms with Crippen molar-refractivity contribution in [2.45, 2.75) is 40.2 Å². The maximum absolute atomic E-state index is 3.54. The molecule has 0 heterocycles. The highest BCUT2D eigenvalue weighted by atomic mass is 79.9. The highest BCUT2D eigenvalue weighted by molar-refractivity contribution is 9.07. The Morgan fingerprint density at radius 2 is 2.08 bits per heavy atom. The maximum Gasteiger partial charge on any atom is 0.0555 e. The maximum atomic E-state index is 3.54. The lowest BCUT2D eigenvalue weighted by Crippen LogP contribution is -2.20. The zero-order chi connectivity index (χ0) is 9.56. The first-order valence-corrected chi connectivity index (χ1v) is 5.11. The Labute approximate surface area is 84.5 Å². The molecule has 0 spiro atoms. The topological polar surface area (TPSA) is 3.24 Å². The Kier molecular flexibility index (Phi) is 6.17. The fraction of sp³-hybridized carbons (Fsp3) is 0.600. The first kappa shape index (κ1) is 11.8. The molecule has 0 fully saturated rings. The van der Waals surface area contributed by atoms with E-state index in [4.69, 9.17) is 0 Å². The Morgan fingerprint density at radius 1 is 1.50 bits per heavy atom. The van der Waals surface area contributed by atoms with Gasteiger partial charge in [-0.2, -0.15) is 0 Å². The second-order valence-corrected chi connectivity index (χ2v) is 3.48. The van der Waals surface area contributed by atoms with Gasteiger partial charge in [0, 0.05) is 21.8 Å². The van der Waals surface area contributed by atoms with Crippen molar-refractivity contribution in [1.29, 1.82) is 0 Å². The molecule has 0 aliphatic heterocycles. The fourth-order valence-electron chi connectivity index (χ4n) is 1.09. The van der Waals surface area contributed by atoms with E-state index in [1.54, 1.807) is 0 Å². The highest BCUT2D eigenvalue weighted by Gasteiger charge is 2.08. The molecule has 0 amide bonds. The molecule has 12 heavy (non-hydrogen) atoms. The second-order valence-electron chi connectivity index (χ2n) is 2.71. The van der Waals surface area contributed by atoms with Crippen molar-refractivity contribution in [3.05, 3.63) is 23.9 Å². The standard InChI is InChI=1S/C10H18BrN/c1-5-8-9(4)12(11)10(6-2)7-3/h5-6,8-9H,7H2,1-4H3/b8-5-,10-6-. The SMILES string of the molecule is C/C=C\C(C)N(Br)/C(=C\C)CC. The van der Waals surface area contributed by atoms with E-state index in [-0.39, 0.29) is 0 Å². The smallest absolute Gasteiger partial charge is 0.0555 e. The molecule has 0 radical (unpaired) electrons. The highest BCUT2D eigenvalue weighted by Crippen LogP contribution is 2.18. The third-order valence-corrected chi connectivity index (χ3v) is 2.90. The number of hydrogen-bond acceptors (Lipinski definition) is 1. The summed E-state index contributed by atoms with van der Waals surface area (Å²) in [6.45, 7) is 8.42. The summed E-state index contributed by atoms with van der Waals surface area (Å²) in [6, 6.07) is 0.418. The van der Waals surface area contributed by atoms with E-state index >= 15 is 0 Å². The molecule has 1 unspecified atom stereocenters. The van der Waals surface area contributed by atoms with E-state index in [1.807, 2.05) is 6.92 Å². The van der Waals surface area contributed by atoms with Gasteiger partial charge in [0.25, 0.3) is 0 Å². The lowest BCUT2D eigenvalue weighted by atomic mass is 10.2. The zero-order valence-electron chi connectivity index (χ0n) is 8.34. The zero-order valence-corrected chi connectivity index (χ0v) is 9.93. The van der Waals surface area contributed by atoms with Gasteiger partial charge in [0.05, 0.1) is 6.04 Å². The van der Waals surface area contributed by atoms with Crippen molar-refractivity contribution < 1.29 is 0 Å². The van der Waals surface area contributed by atoms with Crippen LogP contribution in [0.15, 0.2) is 23.9 Å². The molecule has 0 saturated heterocycles. The molecule has 0 aromatic heterocycles. The van der Waals surface area contributed by atoms with Crippen LogP contribution < -0.4 is 0 Å². The fourth-order valence-corrected chi connectivity index (χ4v) is 1.69. The Bertz CT molecular complexity index is 173. The predicted octanol–water partition coefficient (Wildman–Crippen LogP) is 3.88. The molecule has 1 nitrogen and oxygen atoms in total. The largest absolute Gasteiger partial charge is 0.306 e. The average Bonchev–Trinajstić information content (AvgIpc) is 2.07. The monoisotopic (exact) mass is 231 g/mol. The quantitative estimate of drug-likeness (QED) is 0.525. The summed E-state index contributed by atoms with van der Waals surface area (Å²) >= 11 is 3.54. The van der Waals surface area contributed by atoms with Crippen molar-refractivity contribution in [2.75, 3.05) is 0 Å². The molecule has 0 aliphatic rings. The van der Waals surface area contributed by atoms with Crippen molar-refractivity contribution in [2.24, 2.45) is 0 Å². The first-order chi connectivity index (χ1) is 5.67. The van der Waals surface area contributed by atoms with E-state index in [2.05, 4.69) is 59.1 Å². The second kappa shape index (κ2) is 6.30. The summed E-state index contributed by atoms with van der Waals surface area (Å²) in [5, 5.41) is 0. The third-order valence-electron chi connectivity index (χ3n) is 1.80. The summed E-state index contributed by atoms with van der Waals surface area (Å²) in [7, 11) is 0. The average molecular weight is 232 g/mol.